The van der Waals surface area contributed by atoms with Gasteiger partial charge in [0, 0.05) is 46.6 Å². The molecule has 5 heterocycles. The molecule has 1 aromatic rings. The number of amides is 10. The monoisotopic (exact) mass is 1280 g/mol. The molecular formula is C62H82N12O18. The molecule has 10 unspecified atom stereocenters. The number of fused-ring (bicyclic) bond motifs is 4. The van der Waals surface area contributed by atoms with Crippen molar-refractivity contribution >= 4 is 99.4 Å². The molecule has 6 N–H and O–H groups in total. The summed E-state index contributed by atoms with van der Waals surface area (Å²) in [7, 11) is 5.24. The molecule has 0 bridgehead atoms. The maximum atomic E-state index is 15.2. The average Bonchev–Trinajstić information content (AvgIpc) is 0.921. The smallest absolute Gasteiger partial charge is 0.329 e. The van der Waals surface area contributed by atoms with Crippen molar-refractivity contribution in [1.82, 2.24) is 55.7 Å². The van der Waals surface area contributed by atoms with E-state index >= 15 is 9.59 Å². The first kappa shape index (κ1) is 70.1. The number of anilines is 1. The number of esters is 2. The van der Waals surface area contributed by atoms with Crippen LogP contribution in [0.5, 0.6) is 0 Å². The fourth-order valence-corrected chi connectivity index (χ4v) is 12.0. The summed E-state index contributed by atoms with van der Waals surface area (Å²) in [5, 5.41) is 10.3. The summed E-state index contributed by atoms with van der Waals surface area (Å²) in [5.41, 5.74) is 3.07. The number of benzene rings is 2. The fourth-order valence-electron chi connectivity index (χ4n) is 12.0. The molecular weight excluding hydrogens is 1200 g/mol. The van der Waals surface area contributed by atoms with Crippen LogP contribution < -0.4 is 32.4 Å². The van der Waals surface area contributed by atoms with Crippen molar-refractivity contribution in [3.05, 3.63) is 44.6 Å². The Kier molecular flexibility index (Phi) is 21.0. The molecule has 92 heavy (non-hydrogen) atoms. The number of nitrogens with one attached hydrogen (secondary N) is 4. The van der Waals surface area contributed by atoms with Crippen molar-refractivity contribution in [1.29, 1.82) is 0 Å². The predicted molar refractivity (Wildman–Crippen MR) is 326 cm³/mol. The number of ketones is 2. The van der Waals surface area contributed by atoms with Gasteiger partial charge in [0.25, 0.3) is 11.8 Å². The van der Waals surface area contributed by atoms with Gasteiger partial charge in [-0.3, -0.25) is 62.3 Å². The second kappa shape index (κ2) is 27.6. The second-order valence-electron chi connectivity index (χ2n) is 25.6. The van der Waals surface area contributed by atoms with E-state index in [1.54, 1.807) is 62.3 Å². The van der Waals surface area contributed by atoms with Crippen molar-refractivity contribution in [3.8, 4) is 11.5 Å². The third-order valence-electron chi connectivity index (χ3n) is 17.3. The summed E-state index contributed by atoms with van der Waals surface area (Å²) in [4.78, 5) is 224. The topological polar surface area (TPSA) is 394 Å². The summed E-state index contributed by atoms with van der Waals surface area (Å²) in [6.07, 6.45) is -4.01. The first-order valence-electron chi connectivity index (χ1n) is 30.3. The Morgan fingerprint density at radius 2 is 1.00 bits per heavy atom. The number of hydrogen-bond donors (Lipinski definition) is 5. The Morgan fingerprint density at radius 1 is 0.587 bits per heavy atom. The van der Waals surface area contributed by atoms with Crippen molar-refractivity contribution in [2.75, 3.05) is 60.1 Å². The van der Waals surface area contributed by atoms with Crippen LogP contribution in [-0.2, 0) is 67.0 Å². The van der Waals surface area contributed by atoms with Crippen molar-refractivity contribution in [2.24, 2.45) is 23.7 Å². The zero-order chi connectivity index (χ0) is 68.7. The second-order valence-corrected chi connectivity index (χ2v) is 25.6. The Balaban J connectivity index is 1.33. The molecule has 0 aromatic heterocycles. The first-order valence-corrected chi connectivity index (χ1v) is 30.3. The number of ether oxygens (including phenoxy) is 2. The molecule has 4 saturated heterocycles. The lowest BCUT2D eigenvalue weighted by molar-refractivity contribution is -0.163. The number of carbonyl (C=O) groups excluding carboxylic acids is 14. The Hall–Kier alpha value is -9.38. The first-order chi connectivity index (χ1) is 42.9. The van der Waals surface area contributed by atoms with Gasteiger partial charge < -0.3 is 70.3 Å². The van der Waals surface area contributed by atoms with Gasteiger partial charge in [-0.15, -0.1) is 0 Å². The number of aromatic nitrogens is 1. The summed E-state index contributed by atoms with van der Waals surface area (Å²) in [5.74, 6) is -15.3. The van der Waals surface area contributed by atoms with E-state index in [2.05, 4.69) is 21.3 Å². The highest BCUT2D eigenvalue weighted by molar-refractivity contribution is 6.11. The summed E-state index contributed by atoms with van der Waals surface area (Å²) in [6, 6.07) is -9.43. The Morgan fingerprint density at radius 3 is 1.40 bits per heavy atom. The third kappa shape index (κ3) is 13.9. The molecule has 30 nitrogen and oxygen atoms in total. The number of likely N-dealkylation sites (N-methyl/N-ethyl adjacent to an activating group) is 4. The van der Waals surface area contributed by atoms with Crippen molar-refractivity contribution in [3.63, 3.8) is 0 Å². The van der Waals surface area contributed by atoms with Crippen LogP contribution in [0.3, 0.4) is 0 Å². The third-order valence-corrected chi connectivity index (χ3v) is 17.3. The van der Waals surface area contributed by atoms with Gasteiger partial charge >= 0.3 is 11.9 Å². The van der Waals surface area contributed by atoms with Crippen LogP contribution in [0.25, 0.3) is 22.6 Å². The average molecular weight is 1280 g/mol. The highest BCUT2D eigenvalue weighted by Crippen LogP contribution is 2.35. The molecule has 10 amide bonds. The van der Waals surface area contributed by atoms with Crippen molar-refractivity contribution in [2.45, 2.75) is 156 Å². The van der Waals surface area contributed by atoms with Gasteiger partial charge in [0.15, 0.2) is 22.9 Å². The lowest BCUT2D eigenvalue weighted by Gasteiger charge is -2.35. The molecule has 30 heteroatoms. The number of cyclic esters (lactones) is 2. The van der Waals surface area contributed by atoms with Gasteiger partial charge in [-0.2, -0.15) is 0 Å². The van der Waals surface area contributed by atoms with E-state index in [0.717, 1.165) is 29.4 Å². The van der Waals surface area contributed by atoms with E-state index in [-0.39, 0.29) is 34.4 Å². The summed E-state index contributed by atoms with van der Waals surface area (Å²) in [6.45, 7) is 16.1. The summed E-state index contributed by atoms with van der Waals surface area (Å²) >= 11 is 0. The zero-order valence-corrected chi connectivity index (χ0v) is 54.5. The van der Waals surface area contributed by atoms with E-state index in [9.17, 15) is 62.3 Å². The standard InChI is InChI=1S/C62H82N12O18/c1-25(2)42-59(86)73-21-33(75)19-36(73)57(84)69(13)23-38(77)71(15)48(27(5)6)61(88)90-31(11)44(55(82)65-42)67-53(80)35-18-17-29(9)51-46(35)64-47-40(41(63)50(79)30(10)52(47)92-51)54(81)68-45-32(12)91-62(89)49(28(7)8)72(16)39(78)24-70(14)58(85)37-20-34(76)22-74(37)60(87)43(26(3)4)66-56(45)83/h17-18,25-28,31-32,36-37,42-45,48-49H,19-24,63H2,1-16H3,(H,65,82)(H,66,83)(H,67,80)(H,68,81). The number of aryl methyl sites for hydroxylation is 1. The molecule has 1 aliphatic carbocycles. The minimum atomic E-state index is -1.97. The van der Waals surface area contributed by atoms with Gasteiger partial charge in [-0.25, -0.2) is 14.6 Å². The van der Waals surface area contributed by atoms with Crippen LogP contribution in [0.4, 0.5) is 5.69 Å². The van der Waals surface area contributed by atoms with Crippen LogP contribution in [-0.4, -0.2) is 232 Å². The van der Waals surface area contributed by atoms with Crippen LogP contribution in [0, 0.1) is 37.5 Å². The molecule has 0 spiro atoms. The molecule has 10 atom stereocenters. The van der Waals surface area contributed by atoms with Gasteiger partial charge in [0.1, 0.15) is 71.8 Å². The largest absolute Gasteiger partial charge is 0.458 e. The van der Waals surface area contributed by atoms with Crippen molar-refractivity contribution < 1.29 is 81.0 Å². The van der Waals surface area contributed by atoms with E-state index in [4.69, 9.17) is 24.6 Å². The quantitative estimate of drug-likeness (QED) is 0.103. The Labute approximate surface area is 530 Å². The number of hydrogen-bond acceptors (Lipinski definition) is 20. The minimum Gasteiger partial charge on any atom is -0.458 e. The highest BCUT2D eigenvalue weighted by atomic mass is 16.6. The van der Waals surface area contributed by atoms with Crippen LogP contribution in [0.1, 0.15) is 114 Å². The van der Waals surface area contributed by atoms with E-state index in [1.165, 1.54) is 61.1 Å². The zero-order valence-electron chi connectivity index (χ0n) is 54.5. The SMILES string of the molecule is Cc1c2oc3c(C)ccc(C(=O)NC4C(=O)NC(C(C)C)C(=O)N5CC(=O)CC5C(=O)N(C)CC(=O)N(C)C(C(C)C)C(=O)OC4C)c3nc-2c(C(=O)NC2C(=O)NC(C(C)C)C(=O)N3CC(=O)CC3C(=O)N(C)CC(=O)N(C)C(C(C)C)C(=O)OC2C)c(N)c1=O. The summed E-state index contributed by atoms with van der Waals surface area (Å²) < 4.78 is 18.2. The van der Waals surface area contributed by atoms with E-state index in [0.29, 0.717) is 5.56 Å². The molecule has 4 fully saturated rings. The predicted octanol–water partition coefficient (Wildman–Crippen LogP) is -0.916. The number of nitrogens with zero attached hydrogens (tertiary/aromatic N) is 7. The maximum absolute atomic E-state index is 15.2. The van der Waals surface area contributed by atoms with Gasteiger partial charge in [0.05, 0.1) is 43.0 Å². The van der Waals surface area contributed by atoms with E-state index in [1.807, 2.05) is 0 Å². The number of nitrogen functional groups attached to an aromatic ring is 1. The molecule has 0 radical (unpaired) electrons. The number of nitrogens with two attached hydrogens (primary N) is 1. The molecule has 6 aliphatic rings. The molecule has 0 saturated carbocycles. The number of carbonyl (C=O) groups is 14. The van der Waals surface area contributed by atoms with Gasteiger partial charge in [0.2, 0.25) is 52.7 Å². The fraction of sp³-hybridized carbons (Fsp3) is 0.581. The number of Topliss-reactive ketones (excluding diaryl/α,β-unsaturated/α-hetero) is 2. The molecule has 5 aliphatic heterocycles. The molecule has 498 valence electrons. The highest BCUT2D eigenvalue weighted by Gasteiger charge is 2.48. The number of rotatable bonds is 8. The maximum Gasteiger partial charge on any atom is 0.329 e. The lowest BCUT2D eigenvalue weighted by Crippen LogP contribution is -2.61. The normalized spacial score (nSPS) is 26.0. The minimum absolute atomic E-state index is 0.126. The Bertz CT molecular complexity index is 3600. The van der Waals surface area contributed by atoms with Gasteiger partial charge in [-0.05, 0) is 63.0 Å². The molecule has 1 aromatic carbocycles. The van der Waals surface area contributed by atoms with Gasteiger partial charge in [-0.1, -0.05) is 61.5 Å². The van der Waals surface area contributed by atoms with Crippen LogP contribution in [0.15, 0.2) is 21.3 Å². The van der Waals surface area contributed by atoms with E-state index < -0.39 is 222 Å². The lowest BCUT2D eigenvalue weighted by atomic mass is 9.98. The van der Waals surface area contributed by atoms with Crippen LogP contribution >= 0.6 is 0 Å². The van der Waals surface area contributed by atoms with Crippen LogP contribution in [0.2, 0.25) is 0 Å². The molecule has 7 rings (SSSR count).